The van der Waals surface area contributed by atoms with Gasteiger partial charge in [0.15, 0.2) is 27.3 Å². The van der Waals surface area contributed by atoms with Gasteiger partial charge in [0, 0.05) is 37.7 Å². The maximum Gasteiger partial charge on any atom is 0.357 e. The molecule has 0 fully saturated rings. The van der Waals surface area contributed by atoms with E-state index in [1.807, 2.05) is 24.0 Å². The third kappa shape index (κ3) is 5.58. The third-order valence-corrected chi connectivity index (χ3v) is 9.98. The Kier molecular flexibility index (Phi) is 7.75. The quantitative estimate of drug-likeness (QED) is 0.146. The zero-order chi connectivity index (χ0) is 26.9. The Balaban J connectivity index is 1.44. The minimum absolute atomic E-state index is 0.318. The van der Waals surface area contributed by atoms with Crippen LogP contribution in [0.15, 0.2) is 34.6 Å². The summed E-state index contributed by atoms with van der Waals surface area (Å²) in [4.78, 5) is 24.4. The maximum atomic E-state index is 12.1. The summed E-state index contributed by atoms with van der Waals surface area (Å²) in [6.45, 7) is 13.1. The molecule has 4 aromatic rings. The molecule has 12 heteroatoms. The molecule has 38 heavy (non-hydrogen) atoms. The molecule has 4 heterocycles. The van der Waals surface area contributed by atoms with E-state index in [9.17, 15) is 4.79 Å². The van der Waals surface area contributed by atoms with Crippen LogP contribution in [0, 0.1) is 6.92 Å². The molecule has 0 saturated carbocycles. The number of hydrogen-bond donors (Lipinski definition) is 0. The van der Waals surface area contributed by atoms with Crippen LogP contribution in [-0.2, 0) is 22.6 Å². The normalized spacial score (nSPS) is 13.9. The topological polar surface area (TPSA) is 94.7 Å². The van der Waals surface area contributed by atoms with Crippen molar-refractivity contribution in [3.05, 3.63) is 51.3 Å². The van der Waals surface area contributed by atoms with Crippen molar-refractivity contribution in [1.29, 1.82) is 0 Å². The Morgan fingerprint density at radius 1 is 1.21 bits per heavy atom. The van der Waals surface area contributed by atoms with Gasteiger partial charge in [-0.3, -0.25) is 4.57 Å². The number of carbonyl (C=O) groups excluding carboxylic acids is 1. The molecular formula is C26H32N6O3S2Si. The number of fused-ring (bicyclic) bond motifs is 2. The number of hydrogen-bond acceptors (Lipinski definition) is 10. The van der Waals surface area contributed by atoms with Crippen LogP contribution in [0.1, 0.15) is 28.5 Å². The highest BCUT2D eigenvalue weighted by Gasteiger charge is 2.28. The van der Waals surface area contributed by atoms with E-state index >= 15 is 0 Å². The Hall–Kier alpha value is -2.93. The van der Waals surface area contributed by atoms with Gasteiger partial charge >= 0.3 is 5.97 Å². The third-order valence-electron chi connectivity index (χ3n) is 6.35. The molecule has 1 aliphatic rings. The predicted molar refractivity (Wildman–Crippen MR) is 155 cm³/mol. The second-order valence-electron chi connectivity index (χ2n) is 10.3. The fourth-order valence-electron chi connectivity index (χ4n) is 4.21. The highest BCUT2D eigenvalue weighted by Crippen LogP contribution is 2.37. The predicted octanol–water partition coefficient (Wildman–Crippen LogP) is 5.67. The van der Waals surface area contributed by atoms with Crippen molar-refractivity contribution >= 4 is 63.7 Å². The highest BCUT2D eigenvalue weighted by atomic mass is 32.1. The van der Waals surface area contributed by atoms with E-state index in [4.69, 9.17) is 14.5 Å². The van der Waals surface area contributed by atoms with Crippen molar-refractivity contribution in [2.45, 2.75) is 52.7 Å². The van der Waals surface area contributed by atoms with Crippen molar-refractivity contribution in [3.8, 4) is 0 Å². The molecule has 0 radical (unpaired) electrons. The zero-order valence-electron chi connectivity index (χ0n) is 22.4. The molecule has 0 N–H and O–H groups in total. The molecular weight excluding hydrogens is 537 g/mol. The fraction of sp³-hybridized carbons (Fsp3) is 0.423. The maximum absolute atomic E-state index is 12.1. The Morgan fingerprint density at radius 2 is 2.03 bits per heavy atom. The summed E-state index contributed by atoms with van der Waals surface area (Å²) in [7, 11) is -1.17. The van der Waals surface area contributed by atoms with Crippen molar-refractivity contribution in [2.24, 2.45) is 4.99 Å². The van der Waals surface area contributed by atoms with Crippen LogP contribution in [0.4, 0.5) is 16.8 Å². The SMILES string of the molecule is CCOC(=O)c1csc(N2CCc3c2nnc(N=c2sc4ccccc4n2COCC[Si](C)(C)C)c3C)n1. The zero-order valence-corrected chi connectivity index (χ0v) is 25.0. The molecule has 5 rings (SSSR count). The van der Waals surface area contributed by atoms with E-state index in [2.05, 4.69) is 51.5 Å². The molecule has 1 aliphatic heterocycles. The van der Waals surface area contributed by atoms with E-state index in [0.29, 0.717) is 30.0 Å². The van der Waals surface area contributed by atoms with Gasteiger partial charge in [0.25, 0.3) is 0 Å². The van der Waals surface area contributed by atoms with Crippen LogP contribution in [0.25, 0.3) is 10.2 Å². The fourth-order valence-corrected chi connectivity index (χ4v) is 6.81. The number of aromatic nitrogens is 4. The first kappa shape index (κ1) is 26.7. The minimum Gasteiger partial charge on any atom is -0.461 e. The van der Waals surface area contributed by atoms with Gasteiger partial charge in [-0.25, -0.2) is 9.78 Å². The summed E-state index contributed by atoms with van der Waals surface area (Å²) in [5, 5.41) is 11.5. The van der Waals surface area contributed by atoms with E-state index < -0.39 is 14.0 Å². The lowest BCUT2D eigenvalue weighted by atomic mass is 10.1. The average molecular weight is 569 g/mol. The minimum atomic E-state index is -1.17. The number of rotatable bonds is 9. The second kappa shape index (κ2) is 11.0. The molecule has 0 spiro atoms. The summed E-state index contributed by atoms with van der Waals surface area (Å²) in [6.07, 6.45) is 0.805. The average Bonchev–Trinajstić information content (AvgIpc) is 3.60. The smallest absolute Gasteiger partial charge is 0.357 e. The van der Waals surface area contributed by atoms with Crippen molar-refractivity contribution in [3.63, 3.8) is 0 Å². The molecule has 200 valence electrons. The summed E-state index contributed by atoms with van der Waals surface area (Å²) in [6, 6.07) is 9.41. The lowest BCUT2D eigenvalue weighted by Gasteiger charge is -2.15. The van der Waals surface area contributed by atoms with Gasteiger partial charge in [0.05, 0.1) is 16.8 Å². The monoisotopic (exact) mass is 568 g/mol. The first-order valence-electron chi connectivity index (χ1n) is 12.7. The lowest BCUT2D eigenvalue weighted by molar-refractivity contribution is 0.0520. The molecule has 0 saturated heterocycles. The van der Waals surface area contributed by atoms with E-state index in [0.717, 1.165) is 57.6 Å². The van der Waals surface area contributed by atoms with Crippen LogP contribution in [0.2, 0.25) is 25.7 Å². The van der Waals surface area contributed by atoms with Gasteiger partial charge < -0.3 is 14.4 Å². The van der Waals surface area contributed by atoms with Crippen LogP contribution in [-0.4, -0.2) is 53.6 Å². The number of ether oxygens (including phenoxy) is 2. The largest absolute Gasteiger partial charge is 0.461 e. The molecule has 0 aliphatic carbocycles. The Bertz CT molecular complexity index is 1540. The molecule has 0 atom stereocenters. The van der Waals surface area contributed by atoms with E-state index in [-0.39, 0.29) is 0 Å². The van der Waals surface area contributed by atoms with Crippen molar-refractivity contribution in [2.75, 3.05) is 24.7 Å². The lowest BCUT2D eigenvalue weighted by Crippen LogP contribution is -2.23. The van der Waals surface area contributed by atoms with Gasteiger partial charge in [-0.2, -0.15) is 4.99 Å². The van der Waals surface area contributed by atoms with Crippen LogP contribution in [0.5, 0.6) is 0 Å². The summed E-state index contributed by atoms with van der Waals surface area (Å²) >= 11 is 3.03. The molecule has 0 bridgehead atoms. The first-order valence-corrected chi connectivity index (χ1v) is 18.1. The van der Waals surface area contributed by atoms with Gasteiger partial charge in [-0.05, 0) is 38.4 Å². The van der Waals surface area contributed by atoms with Crippen molar-refractivity contribution in [1.82, 2.24) is 19.7 Å². The molecule has 1 aromatic carbocycles. The van der Waals surface area contributed by atoms with Crippen LogP contribution < -0.4 is 9.70 Å². The Labute approximate surface area is 230 Å². The number of esters is 1. The summed E-state index contributed by atoms with van der Waals surface area (Å²) in [5.74, 6) is 0.969. The number of carbonyl (C=O) groups is 1. The van der Waals surface area contributed by atoms with E-state index in [1.165, 1.54) is 11.3 Å². The van der Waals surface area contributed by atoms with Gasteiger partial charge in [-0.15, -0.1) is 21.5 Å². The number of anilines is 2. The van der Waals surface area contributed by atoms with Gasteiger partial charge in [-0.1, -0.05) is 43.1 Å². The van der Waals surface area contributed by atoms with Crippen LogP contribution >= 0.6 is 22.7 Å². The summed E-state index contributed by atoms with van der Waals surface area (Å²) in [5.41, 5.74) is 3.52. The van der Waals surface area contributed by atoms with Crippen molar-refractivity contribution < 1.29 is 14.3 Å². The second-order valence-corrected chi connectivity index (χ2v) is 17.8. The molecule has 9 nitrogen and oxygen atoms in total. The Morgan fingerprint density at radius 3 is 2.82 bits per heavy atom. The number of benzene rings is 1. The van der Waals surface area contributed by atoms with Gasteiger partial charge in [0.1, 0.15) is 6.73 Å². The standard InChI is InChI=1S/C26H32N6O3S2Si/c1-6-35-24(33)19-15-36-25(27-19)31-12-11-18-17(2)22(29-30-23(18)31)28-26-32(16-34-13-14-38(3,4)5)20-9-7-8-10-21(20)37-26/h7-10,15H,6,11-14,16H2,1-5H3. The highest BCUT2D eigenvalue weighted by molar-refractivity contribution is 7.16. The number of para-hydroxylation sites is 1. The van der Waals surface area contributed by atoms with Gasteiger partial charge in [0.2, 0.25) is 0 Å². The van der Waals surface area contributed by atoms with Crippen LogP contribution in [0.3, 0.4) is 0 Å². The van der Waals surface area contributed by atoms with E-state index in [1.54, 1.807) is 23.6 Å². The number of thiazole rings is 2. The molecule has 3 aromatic heterocycles. The molecule has 0 unspecified atom stereocenters. The number of nitrogens with zero attached hydrogens (tertiary/aromatic N) is 6. The first-order chi connectivity index (χ1) is 18.2. The summed E-state index contributed by atoms with van der Waals surface area (Å²) < 4.78 is 14.5. The molecule has 0 amide bonds.